The van der Waals surface area contributed by atoms with Crippen LogP contribution in [0.1, 0.15) is 69.9 Å². The van der Waals surface area contributed by atoms with Crippen molar-refractivity contribution in [3.05, 3.63) is 29.3 Å². The maximum Gasteiger partial charge on any atom is 0.221 e. The summed E-state index contributed by atoms with van der Waals surface area (Å²) in [7, 11) is 0. The molecule has 0 aliphatic heterocycles. The summed E-state index contributed by atoms with van der Waals surface area (Å²) in [4.78, 5) is 11.2. The number of benzene rings is 1. The van der Waals surface area contributed by atoms with E-state index in [9.17, 15) is 4.79 Å². The molecule has 3 nitrogen and oxygen atoms in total. The summed E-state index contributed by atoms with van der Waals surface area (Å²) in [5.41, 5.74) is 3.76. The summed E-state index contributed by atoms with van der Waals surface area (Å²) in [5, 5.41) is 6.61. The van der Waals surface area contributed by atoms with Crippen LogP contribution in [0.2, 0.25) is 0 Å². The molecule has 0 radical (unpaired) electrons. The highest BCUT2D eigenvalue weighted by atomic mass is 16.1. The fraction of sp³-hybridized carbons (Fsp3) is 0.650. The Labute approximate surface area is 141 Å². The Balaban J connectivity index is 1.72. The zero-order valence-electron chi connectivity index (χ0n) is 14.8. The van der Waals surface area contributed by atoms with E-state index in [4.69, 9.17) is 0 Å². The first kappa shape index (κ1) is 18.0. The van der Waals surface area contributed by atoms with Crippen LogP contribution < -0.4 is 10.6 Å². The topological polar surface area (TPSA) is 41.1 Å². The molecule has 1 atom stereocenters. The van der Waals surface area contributed by atoms with Crippen LogP contribution in [-0.2, 0) is 17.6 Å². The van der Waals surface area contributed by atoms with E-state index in [1.165, 1.54) is 56.1 Å². The predicted octanol–water partition coefficient (Wildman–Crippen LogP) is 4.45. The van der Waals surface area contributed by atoms with Crippen LogP contribution in [-0.4, -0.2) is 18.5 Å². The molecule has 1 unspecified atom stereocenters. The van der Waals surface area contributed by atoms with Gasteiger partial charge in [-0.2, -0.15) is 0 Å². The molecule has 0 fully saturated rings. The average Bonchev–Trinajstić information content (AvgIpc) is 2.53. The van der Waals surface area contributed by atoms with Gasteiger partial charge >= 0.3 is 0 Å². The summed E-state index contributed by atoms with van der Waals surface area (Å²) in [6.07, 6.45) is 11.6. The van der Waals surface area contributed by atoms with Gasteiger partial charge in [-0.15, -0.1) is 0 Å². The van der Waals surface area contributed by atoms with Crippen molar-refractivity contribution >= 4 is 11.6 Å². The minimum Gasteiger partial charge on any atom is -0.326 e. The molecular weight excluding hydrogens is 284 g/mol. The molecule has 0 spiro atoms. The van der Waals surface area contributed by atoms with Gasteiger partial charge in [-0.3, -0.25) is 4.79 Å². The lowest BCUT2D eigenvalue weighted by Crippen LogP contribution is -2.35. The van der Waals surface area contributed by atoms with Crippen molar-refractivity contribution in [1.82, 2.24) is 5.32 Å². The van der Waals surface area contributed by atoms with E-state index in [0.29, 0.717) is 6.04 Å². The third-order valence-corrected chi connectivity index (χ3v) is 4.72. The zero-order chi connectivity index (χ0) is 16.5. The molecule has 3 heteroatoms. The largest absolute Gasteiger partial charge is 0.326 e. The predicted molar refractivity (Wildman–Crippen MR) is 97.9 cm³/mol. The van der Waals surface area contributed by atoms with Gasteiger partial charge in [0.25, 0.3) is 0 Å². The molecule has 128 valence electrons. The van der Waals surface area contributed by atoms with Crippen LogP contribution in [0.4, 0.5) is 5.69 Å². The fourth-order valence-electron chi connectivity index (χ4n) is 3.42. The quantitative estimate of drug-likeness (QED) is 0.661. The average molecular weight is 316 g/mol. The van der Waals surface area contributed by atoms with E-state index in [1.807, 2.05) is 6.07 Å². The number of hydrogen-bond donors (Lipinski definition) is 2. The van der Waals surface area contributed by atoms with E-state index in [-0.39, 0.29) is 5.91 Å². The van der Waals surface area contributed by atoms with Gasteiger partial charge in [0.1, 0.15) is 0 Å². The smallest absolute Gasteiger partial charge is 0.221 e. The van der Waals surface area contributed by atoms with Gasteiger partial charge in [0.05, 0.1) is 0 Å². The Morgan fingerprint density at radius 3 is 2.70 bits per heavy atom. The monoisotopic (exact) mass is 316 g/mol. The minimum absolute atomic E-state index is 0.00138. The second-order valence-electron chi connectivity index (χ2n) is 6.83. The van der Waals surface area contributed by atoms with Gasteiger partial charge < -0.3 is 10.6 Å². The highest BCUT2D eigenvalue weighted by Crippen LogP contribution is 2.24. The number of hydrogen-bond acceptors (Lipinski definition) is 2. The maximum atomic E-state index is 11.2. The summed E-state index contributed by atoms with van der Waals surface area (Å²) in [6, 6.07) is 6.93. The molecular formula is C20H32N2O. The normalized spacial score (nSPS) is 16.9. The number of fused-ring (bicyclic) bond motifs is 1. The van der Waals surface area contributed by atoms with Gasteiger partial charge in [-0.05, 0) is 55.5 Å². The van der Waals surface area contributed by atoms with Crippen LogP contribution in [0.3, 0.4) is 0 Å². The lowest BCUT2D eigenvalue weighted by Gasteiger charge is -2.26. The zero-order valence-corrected chi connectivity index (χ0v) is 14.8. The Bertz CT molecular complexity index is 498. The van der Waals surface area contributed by atoms with Crippen molar-refractivity contribution in [3.63, 3.8) is 0 Å². The van der Waals surface area contributed by atoms with Gasteiger partial charge in [0.15, 0.2) is 0 Å². The summed E-state index contributed by atoms with van der Waals surface area (Å²) in [5.74, 6) is -0.00138. The second-order valence-corrected chi connectivity index (χ2v) is 6.83. The number of anilines is 1. The van der Waals surface area contributed by atoms with Crippen LogP contribution in [0.25, 0.3) is 0 Å². The SMILES string of the molecule is CCCCCCCCNC1CCc2ccc(NC(C)=O)cc2C1. The molecule has 1 aromatic rings. The highest BCUT2D eigenvalue weighted by molar-refractivity contribution is 5.88. The second kappa shape index (κ2) is 9.71. The van der Waals surface area contributed by atoms with Crippen LogP contribution in [0, 0.1) is 0 Å². The molecule has 23 heavy (non-hydrogen) atoms. The van der Waals surface area contributed by atoms with E-state index < -0.39 is 0 Å². The lowest BCUT2D eigenvalue weighted by molar-refractivity contribution is -0.114. The van der Waals surface area contributed by atoms with Crippen molar-refractivity contribution in [2.45, 2.75) is 77.7 Å². The Morgan fingerprint density at radius 2 is 1.91 bits per heavy atom. The van der Waals surface area contributed by atoms with E-state index in [2.05, 4.69) is 29.7 Å². The lowest BCUT2D eigenvalue weighted by atomic mass is 9.88. The molecule has 2 rings (SSSR count). The van der Waals surface area contributed by atoms with E-state index >= 15 is 0 Å². The molecule has 2 N–H and O–H groups in total. The number of carbonyl (C=O) groups is 1. The first-order chi connectivity index (χ1) is 11.2. The molecule has 1 aliphatic carbocycles. The molecule has 1 aliphatic rings. The van der Waals surface area contributed by atoms with Crippen LogP contribution in [0.5, 0.6) is 0 Å². The number of amides is 1. The van der Waals surface area contributed by atoms with Crippen molar-refractivity contribution in [2.24, 2.45) is 0 Å². The van der Waals surface area contributed by atoms with E-state index in [0.717, 1.165) is 25.1 Å². The summed E-state index contributed by atoms with van der Waals surface area (Å²) in [6.45, 7) is 4.96. The molecule has 1 amide bonds. The molecule has 0 heterocycles. The number of carbonyl (C=O) groups excluding carboxylic acids is 1. The summed E-state index contributed by atoms with van der Waals surface area (Å²) < 4.78 is 0. The highest BCUT2D eigenvalue weighted by Gasteiger charge is 2.18. The Hall–Kier alpha value is -1.35. The number of unbranched alkanes of at least 4 members (excludes halogenated alkanes) is 5. The maximum absolute atomic E-state index is 11.2. The number of aryl methyl sites for hydroxylation is 1. The van der Waals surface area contributed by atoms with Crippen LogP contribution >= 0.6 is 0 Å². The van der Waals surface area contributed by atoms with Gasteiger partial charge in [-0.1, -0.05) is 45.1 Å². The van der Waals surface area contributed by atoms with Crippen molar-refractivity contribution in [2.75, 3.05) is 11.9 Å². The number of nitrogens with one attached hydrogen (secondary N) is 2. The first-order valence-corrected chi connectivity index (χ1v) is 9.32. The molecule has 0 saturated heterocycles. The van der Waals surface area contributed by atoms with Crippen molar-refractivity contribution < 1.29 is 4.79 Å². The van der Waals surface area contributed by atoms with E-state index in [1.54, 1.807) is 6.92 Å². The fourth-order valence-corrected chi connectivity index (χ4v) is 3.42. The molecule has 0 aromatic heterocycles. The number of rotatable bonds is 9. The van der Waals surface area contributed by atoms with Gasteiger partial charge in [0, 0.05) is 18.7 Å². The van der Waals surface area contributed by atoms with Gasteiger partial charge in [-0.25, -0.2) is 0 Å². The Morgan fingerprint density at radius 1 is 1.13 bits per heavy atom. The molecule has 0 saturated carbocycles. The third kappa shape index (κ3) is 6.34. The minimum atomic E-state index is -0.00138. The standard InChI is InChI=1S/C20H32N2O/c1-3-4-5-6-7-8-13-21-19-11-9-17-10-12-20(22-16(2)23)15-18(17)14-19/h10,12,15,19,21H,3-9,11,13-14H2,1-2H3,(H,22,23). The Kier molecular flexibility index (Phi) is 7.60. The van der Waals surface area contributed by atoms with Crippen LogP contribution in [0.15, 0.2) is 18.2 Å². The summed E-state index contributed by atoms with van der Waals surface area (Å²) >= 11 is 0. The van der Waals surface area contributed by atoms with Crippen molar-refractivity contribution in [3.8, 4) is 0 Å². The third-order valence-electron chi connectivity index (χ3n) is 4.72. The van der Waals surface area contributed by atoms with Crippen molar-refractivity contribution in [1.29, 1.82) is 0 Å². The molecule has 1 aromatic carbocycles. The van der Waals surface area contributed by atoms with Gasteiger partial charge in [0.2, 0.25) is 5.91 Å². The molecule has 0 bridgehead atoms. The first-order valence-electron chi connectivity index (χ1n) is 9.32.